The lowest BCUT2D eigenvalue weighted by Crippen LogP contribution is -2.39. The average molecular weight is 252 g/mol. The molecule has 0 saturated heterocycles. The van der Waals surface area contributed by atoms with E-state index in [1.807, 2.05) is 5.48 Å². The van der Waals surface area contributed by atoms with Crippen molar-refractivity contribution in [2.45, 2.75) is 25.8 Å². The van der Waals surface area contributed by atoms with E-state index in [2.05, 4.69) is 21.4 Å². The molecule has 0 unspecified atom stereocenters. The van der Waals surface area contributed by atoms with Crippen LogP contribution in [0, 0.1) is 0 Å². The summed E-state index contributed by atoms with van der Waals surface area (Å²) >= 11 is 0. The number of carbonyl (C=O) groups excluding carboxylic acids is 2. The predicted octanol–water partition coefficient (Wildman–Crippen LogP) is -0.180. The quantitative estimate of drug-likeness (QED) is 0.497. The van der Waals surface area contributed by atoms with Crippen LogP contribution in [0.1, 0.15) is 19.0 Å². The van der Waals surface area contributed by atoms with Crippen molar-refractivity contribution in [1.82, 2.24) is 15.4 Å². The molecular weight excluding hydrogens is 236 g/mol. The number of hydrogen-bond donors (Lipinski definition) is 3. The number of aromatic amines is 1. The zero-order valence-electron chi connectivity index (χ0n) is 10.1. The summed E-state index contributed by atoms with van der Waals surface area (Å²) in [6, 6.07) is -0.874. The van der Waals surface area contributed by atoms with Crippen LogP contribution in [0.5, 0.6) is 0 Å². The van der Waals surface area contributed by atoms with Gasteiger partial charge in [0.05, 0.1) is 6.33 Å². The summed E-state index contributed by atoms with van der Waals surface area (Å²) in [7, 11) is 0. The molecule has 1 aromatic rings. The molecule has 1 rings (SSSR count). The highest BCUT2D eigenvalue weighted by Crippen LogP contribution is 1.99. The highest BCUT2D eigenvalue weighted by molar-refractivity contribution is 5.92. The maximum absolute atomic E-state index is 11.5. The zero-order chi connectivity index (χ0) is 13.5. The molecule has 7 nitrogen and oxygen atoms in total. The lowest BCUT2D eigenvalue weighted by Gasteiger charge is -2.10. The molecule has 1 aromatic heterocycles. The molecule has 0 spiro atoms. The Hall–Kier alpha value is -2.15. The van der Waals surface area contributed by atoms with Crippen molar-refractivity contribution in [2.75, 3.05) is 0 Å². The molecule has 18 heavy (non-hydrogen) atoms. The summed E-state index contributed by atoms with van der Waals surface area (Å²) < 4.78 is 0. The van der Waals surface area contributed by atoms with Gasteiger partial charge in [0.25, 0.3) is 5.91 Å². The van der Waals surface area contributed by atoms with Gasteiger partial charge >= 0.3 is 5.97 Å². The summed E-state index contributed by atoms with van der Waals surface area (Å²) in [6.07, 6.45) is 3.78. The second-order valence-electron chi connectivity index (χ2n) is 3.70. The molecule has 0 bridgehead atoms. The summed E-state index contributed by atoms with van der Waals surface area (Å²) in [5.41, 5.74) is 8.64. The molecule has 0 aliphatic carbocycles. The summed E-state index contributed by atoms with van der Waals surface area (Å²) in [5.74, 6) is -1.25. The number of hydrogen-bond acceptors (Lipinski definition) is 5. The Balaban J connectivity index is 2.36. The smallest absolute Gasteiger partial charge is 0.348 e. The molecule has 1 amide bonds. The minimum absolute atomic E-state index is 0.253. The molecule has 98 valence electrons. The molecule has 7 heteroatoms. The van der Waals surface area contributed by atoms with Crippen LogP contribution >= 0.6 is 0 Å². The topological polar surface area (TPSA) is 110 Å². The number of aromatic nitrogens is 2. The maximum Gasteiger partial charge on any atom is 0.349 e. The number of imidazole rings is 1. The van der Waals surface area contributed by atoms with Gasteiger partial charge in [0.2, 0.25) is 0 Å². The minimum Gasteiger partial charge on any atom is -0.348 e. The SMILES string of the molecule is C=C(CC)C(=O)NOC(=O)[C@@H](N)Cc1cnc[nH]1. The van der Waals surface area contributed by atoms with Gasteiger partial charge in [-0.2, -0.15) is 5.48 Å². The van der Waals surface area contributed by atoms with E-state index < -0.39 is 17.9 Å². The van der Waals surface area contributed by atoms with Gasteiger partial charge in [-0.05, 0) is 6.42 Å². The number of nitrogens with zero attached hydrogens (tertiary/aromatic N) is 1. The molecule has 4 N–H and O–H groups in total. The van der Waals surface area contributed by atoms with Crippen molar-refractivity contribution in [3.63, 3.8) is 0 Å². The fraction of sp³-hybridized carbons (Fsp3) is 0.364. The molecule has 0 aliphatic rings. The standard InChI is InChI=1S/C11H16N4O3/c1-3-7(2)10(16)15-18-11(17)9(12)4-8-5-13-6-14-8/h5-6,9H,2-4,12H2,1H3,(H,13,14)(H,15,16)/t9-/m0/s1. The van der Waals surface area contributed by atoms with E-state index in [0.717, 1.165) is 0 Å². The third kappa shape index (κ3) is 4.02. The lowest BCUT2D eigenvalue weighted by molar-refractivity contribution is -0.158. The van der Waals surface area contributed by atoms with Crippen LogP contribution in [0.4, 0.5) is 0 Å². The van der Waals surface area contributed by atoms with Crippen molar-refractivity contribution in [2.24, 2.45) is 5.73 Å². The van der Waals surface area contributed by atoms with E-state index in [9.17, 15) is 9.59 Å². The lowest BCUT2D eigenvalue weighted by atomic mass is 10.2. The molecule has 1 atom stereocenters. The zero-order valence-corrected chi connectivity index (χ0v) is 10.1. The van der Waals surface area contributed by atoms with E-state index in [0.29, 0.717) is 17.7 Å². The summed E-state index contributed by atoms with van der Waals surface area (Å²) in [5, 5.41) is 0. The monoisotopic (exact) mass is 252 g/mol. The van der Waals surface area contributed by atoms with E-state index in [4.69, 9.17) is 5.73 Å². The van der Waals surface area contributed by atoms with Crippen LogP contribution in [0.3, 0.4) is 0 Å². The Morgan fingerprint density at radius 2 is 2.39 bits per heavy atom. The number of carbonyl (C=O) groups is 2. The van der Waals surface area contributed by atoms with Crippen molar-refractivity contribution in [3.8, 4) is 0 Å². The van der Waals surface area contributed by atoms with Crippen molar-refractivity contribution in [1.29, 1.82) is 0 Å². The third-order valence-electron chi connectivity index (χ3n) is 2.29. The van der Waals surface area contributed by atoms with Gasteiger partial charge in [-0.1, -0.05) is 13.5 Å². The van der Waals surface area contributed by atoms with Gasteiger partial charge < -0.3 is 15.6 Å². The van der Waals surface area contributed by atoms with Crippen molar-refractivity contribution in [3.05, 3.63) is 30.4 Å². The summed E-state index contributed by atoms with van der Waals surface area (Å²) in [6.45, 7) is 5.28. The first-order valence-electron chi connectivity index (χ1n) is 5.46. The first kappa shape index (κ1) is 13.9. The Kier molecular flexibility index (Phi) is 5.06. The average Bonchev–Trinajstić information content (AvgIpc) is 2.87. The van der Waals surface area contributed by atoms with E-state index in [1.165, 1.54) is 6.33 Å². The van der Waals surface area contributed by atoms with Crippen LogP contribution in [0.25, 0.3) is 0 Å². The predicted molar refractivity (Wildman–Crippen MR) is 63.9 cm³/mol. The molecule has 0 radical (unpaired) electrons. The normalized spacial score (nSPS) is 11.7. The number of nitrogens with one attached hydrogen (secondary N) is 2. The molecular formula is C11H16N4O3. The first-order chi connectivity index (χ1) is 8.54. The second-order valence-corrected chi connectivity index (χ2v) is 3.70. The number of hydroxylamine groups is 1. The van der Waals surface area contributed by atoms with Crippen LogP contribution in [0.15, 0.2) is 24.7 Å². The second kappa shape index (κ2) is 6.55. The number of nitrogens with two attached hydrogens (primary N) is 1. The van der Waals surface area contributed by atoms with Gasteiger partial charge in [-0.3, -0.25) is 4.79 Å². The Morgan fingerprint density at radius 3 is 2.94 bits per heavy atom. The molecule has 0 aromatic carbocycles. The van der Waals surface area contributed by atoms with Gasteiger partial charge in [0.15, 0.2) is 0 Å². The van der Waals surface area contributed by atoms with Crippen LogP contribution in [-0.2, 0) is 20.8 Å². The van der Waals surface area contributed by atoms with E-state index in [1.54, 1.807) is 13.1 Å². The molecule has 0 saturated carbocycles. The minimum atomic E-state index is -0.874. The van der Waals surface area contributed by atoms with Crippen molar-refractivity contribution < 1.29 is 14.4 Å². The van der Waals surface area contributed by atoms with Gasteiger partial charge in [0, 0.05) is 23.9 Å². The maximum atomic E-state index is 11.5. The Labute approximate surface area is 104 Å². The van der Waals surface area contributed by atoms with Crippen LogP contribution in [-0.4, -0.2) is 27.9 Å². The summed E-state index contributed by atoms with van der Waals surface area (Å²) in [4.78, 5) is 33.9. The van der Waals surface area contributed by atoms with Gasteiger partial charge in [-0.15, -0.1) is 0 Å². The van der Waals surface area contributed by atoms with Gasteiger partial charge in [-0.25, -0.2) is 9.78 Å². The van der Waals surface area contributed by atoms with Crippen LogP contribution in [0.2, 0.25) is 0 Å². The molecule has 0 aliphatic heterocycles. The number of amides is 1. The first-order valence-corrected chi connectivity index (χ1v) is 5.46. The highest BCUT2D eigenvalue weighted by atomic mass is 16.7. The van der Waals surface area contributed by atoms with Crippen LogP contribution < -0.4 is 11.2 Å². The van der Waals surface area contributed by atoms with Gasteiger partial charge in [0.1, 0.15) is 6.04 Å². The van der Waals surface area contributed by atoms with E-state index in [-0.39, 0.29) is 6.42 Å². The largest absolute Gasteiger partial charge is 0.349 e. The van der Waals surface area contributed by atoms with Crippen molar-refractivity contribution >= 4 is 11.9 Å². The Bertz CT molecular complexity index is 428. The fourth-order valence-corrected chi connectivity index (χ4v) is 1.12. The van der Waals surface area contributed by atoms with E-state index >= 15 is 0 Å². The Morgan fingerprint density at radius 1 is 1.67 bits per heavy atom. The third-order valence-corrected chi connectivity index (χ3v) is 2.29. The number of H-pyrrole nitrogens is 1. The molecule has 0 fully saturated rings. The fourth-order valence-electron chi connectivity index (χ4n) is 1.12. The molecule has 1 heterocycles. The number of rotatable bonds is 5. The highest BCUT2D eigenvalue weighted by Gasteiger charge is 2.18.